The average Bonchev–Trinajstić information content (AvgIpc) is 3.14. The Kier molecular flexibility index (Phi) is 6.48. The first kappa shape index (κ1) is 18.3. The fraction of sp³-hybridized carbons (Fsp3) is 0.722. The molecule has 0 bridgehead atoms. The van der Waals surface area contributed by atoms with Crippen molar-refractivity contribution in [3.05, 3.63) is 22.4 Å². The summed E-state index contributed by atoms with van der Waals surface area (Å²) >= 11 is 1.82. The van der Waals surface area contributed by atoms with Crippen LogP contribution in [-0.2, 0) is 4.74 Å². The van der Waals surface area contributed by atoms with Crippen molar-refractivity contribution in [2.45, 2.75) is 58.1 Å². The molecule has 5 heteroatoms. The van der Waals surface area contributed by atoms with E-state index in [2.05, 4.69) is 22.8 Å². The SMILES string of the molecule is CN(CCNC(c1cccs1)C1CCCC1)C(=O)OC(C)(C)C. The van der Waals surface area contributed by atoms with Gasteiger partial charge in [0.15, 0.2) is 0 Å². The van der Waals surface area contributed by atoms with Crippen LogP contribution in [-0.4, -0.2) is 36.7 Å². The molecular formula is C18H30N2O2S. The van der Waals surface area contributed by atoms with Crippen LogP contribution in [0, 0.1) is 5.92 Å². The maximum absolute atomic E-state index is 12.0. The highest BCUT2D eigenvalue weighted by Gasteiger charge is 2.27. The van der Waals surface area contributed by atoms with E-state index >= 15 is 0 Å². The van der Waals surface area contributed by atoms with Crippen molar-refractivity contribution in [3.8, 4) is 0 Å². The molecule has 23 heavy (non-hydrogen) atoms. The van der Waals surface area contributed by atoms with Gasteiger partial charge in [-0.2, -0.15) is 0 Å². The molecule has 0 saturated heterocycles. The van der Waals surface area contributed by atoms with Crippen molar-refractivity contribution >= 4 is 17.4 Å². The van der Waals surface area contributed by atoms with Crippen LogP contribution in [0.15, 0.2) is 17.5 Å². The second kappa shape index (κ2) is 8.15. The van der Waals surface area contributed by atoms with Gasteiger partial charge in [0.2, 0.25) is 0 Å². The van der Waals surface area contributed by atoms with Gasteiger partial charge in [0.25, 0.3) is 0 Å². The van der Waals surface area contributed by atoms with E-state index in [4.69, 9.17) is 4.74 Å². The number of amides is 1. The van der Waals surface area contributed by atoms with Crippen molar-refractivity contribution in [1.82, 2.24) is 10.2 Å². The number of nitrogens with one attached hydrogen (secondary N) is 1. The van der Waals surface area contributed by atoms with Crippen molar-refractivity contribution in [3.63, 3.8) is 0 Å². The number of hydrogen-bond donors (Lipinski definition) is 1. The van der Waals surface area contributed by atoms with Gasteiger partial charge in [0.1, 0.15) is 5.60 Å². The largest absolute Gasteiger partial charge is 0.444 e. The van der Waals surface area contributed by atoms with Gasteiger partial charge in [-0.25, -0.2) is 4.79 Å². The number of hydrogen-bond acceptors (Lipinski definition) is 4. The number of rotatable bonds is 6. The molecule has 0 aliphatic heterocycles. The summed E-state index contributed by atoms with van der Waals surface area (Å²) < 4.78 is 5.39. The standard InChI is InChI=1S/C18H30N2O2S/c1-18(2,3)22-17(21)20(4)12-11-19-16(14-8-5-6-9-14)15-10-7-13-23-15/h7,10,13-14,16,19H,5-6,8-9,11-12H2,1-4H3. The van der Waals surface area contributed by atoms with Crippen LogP contribution >= 0.6 is 11.3 Å². The summed E-state index contributed by atoms with van der Waals surface area (Å²) in [6.45, 7) is 7.12. The second-order valence-corrected chi connectivity index (χ2v) is 8.37. The summed E-state index contributed by atoms with van der Waals surface area (Å²) in [5, 5.41) is 5.82. The highest BCUT2D eigenvalue weighted by Crippen LogP contribution is 2.37. The average molecular weight is 339 g/mol. The minimum Gasteiger partial charge on any atom is -0.444 e. The molecule has 1 aromatic heterocycles. The molecule has 1 aromatic rings. The van der Waals surface area contributed by atoms with Crippen LogP contribution in [0.3, 0.4) is 0 Å². The van der Waals surface area contributed by atoms with Crippen molar-refractivity contribution in [2.75, 3.05) is 20.1 Å². The van der Waals surface area contributed by atoms with Crippen LogP contribution in [0.4, 0.5) is 4.79 Å². The Labute approximate surface area is 144 Å². The van der Waals surface area contributed by atoms with Gasteiger partial charge in [-0.1, -0.05) is 18.9 Å². The minimum absolute atomic E-state index is 0.257. The summed E-state index contributed by atoms with van der Waals surface area (Å²) in [7, 11) is 1.80. The third-order valence-corrected chi connectivity index (χ3v) is 5.19. The van der Waals surface area contributed by atoms with E-state index in [1.54, 1.807) is 11.9 Å². The predicted octanol–water partition coefficient (Wildman–Crippen LogP) is 4.44. The number of thiophene rings is 1. The third kappa shape index (κ3) is 5.81. The smallest absolute Gasteiger partial charge is 0.410 e. The first-order valence-electron chi connectivity index (χ1n) is 8.58. The molecule has 1 aliphatic rings. The fourth-order valence-corrected chi connectivity index (χ4v) is 3.97. The zero-order chi connectivity index (χ0) is 16.9. The predicted molar refractivity (Wildman–Crippen MR) is 95.9 cm³/mol. The molecule has 0 spiro atoms. The first-order valence-corrected chi connectivity index (χ1v) is 9.45. The zero-order valence-corrected chi connectivity index (χ0v) is 15.6. The van der Waals surface area contributed by atoms with Crippen LogP contribution in [0.25, 0.3) is 0 Å². The molecule has 0 aromatic carbocycles. The van der Waals surface area contributed by atoms with E-state index < -0.39 is 5.60 Å². The lowest BCUT2D eigenvalue weighted by Crippen LogP contribution is -2.39. The number of carbonyl (C=O) groups excluding carboxylic acids is 1. The van der Waals surface area contributed by atoms with Crippen molar-refractivity contribution < 1.29 is 9.53 Å². The first-order chi connectivity index (χ1) is 10.9. The second-order valence-electron chi connectivity index (χ2n) is 7.39. The van der Waals surface area contributed by atoms with Gasteiger partial charge in [0.05, 0.1) is 0 Å². The van der Waals surface area contributed by atoms with E-state index in [-0.39, 0.29) is 6.09 Å². The van der Waals surface area contributed by atoms with Crippen LogP contribution in [0.2, 0.25) is 0 Å². The fourth-order valence-electron chi connectivity index (χ4n) is 3.08. The Morgan fingerprint density at radius 2 is 2.13 bits per heavy atom. The molecule has 2 rings (SSSR count). The normalized spacial score (nSPS) is 17.2. The molecule has 1 N–H and O–H groups in total. The molecule has 1 aliphatic carbocycles. The molecule has 130 valence electrons. The van der Waals surface area contributed by atoms with E-state index in [0.717, 1.165) is 12.5 Å². The van der Waals surface area contributed by atoms with Crippen LogP contribution in [0.5, 0.6) is 0 Å². The highest BCUT2D eigenvalue weighted by atomic mass is 32.1. The Morgan fingerprint density at radius 3 is 2.70 bits per heavy atom. The lowest BCUT2D eigenvalue weighted by atomic mass is 9.97. The Hall–Kier alpha value is -1.07. The van der Waals surface area contributed by atoms with Crippen LogP contribution < -0.4 is 5.32 Å². The van der Waals surface area contributed by atoms with Gasteiger partial charge >= 0.3 is 6.09 Å². The summed E-state index contributed by atoms with van der Waals surface area (Å²) in [6, 6.07) is 4.76. The summed E-state index contributed by atoms with van der Waals surface area (Å²) in [4.78, 5) is 15.1. The maximum atomic E-state index is 12.0. The Balaban J connectivity index is 1.83. The summed E-state index contributed by atoms with van der Waals surface area (Å²) in [6.07, 6.45) is 5.03. The van der Waals surface area contributed by atoms with E-state index in [9.17, 15) is 4.79 Å². The third-order valence-electron chi connectivity index (χ3n) is 4.24. The maximum Gasteiger partial charge on any atom is 0.410 e. The quantitative estimate of drug-likeness (QED) is 0.834. The lowest BCUT2D eigenvalue weighted by molar-refractivity contribution is 0.0298. The van der Waals surface area contributed by atoms with Gasteiger partial charge in [-0.05, 0) is 51.0 Å². The molecule has 0 radical (unpaired) electrons. The van der Waals surface area contributed by atoms with Gasteiger partial charge in [-0.15, -0.1) is 11.3 Å². The monoisotopic (exact) mass is 338 g/mol. The van der Waals surface area contributed by atoms with Crippen molar-refractivity contribution in [2.24, 2.45) is 5.92 Å². The van der Waals surface area contributed by atoms with E-state index in [1.165, 1.54) is 30.6 Å². The lowest BCUT2D eigenvalue weighted by Gasteiger charge is -2.27. The Bertz CT molecular complexity index is 476. The number of nitrogens with zero attached hydrogens (tertiary/aromatic N) is 1. The zero-order valence-electron chi connectivity index (χ0n) is 14.8. The van der Waals surface area contributed by atoms with Crippen molar-refractivity contribution in [1.29, 1.82) is 0 Å². The van der Waals surface area contributed by atoms with E-state index in [1.807, 2.05) is 32.1 Å². The minimum atomic E-state index is -0.442. The molecule has 1 saturated carbocycles. The molecule has 1 unspecified atom stereocenters. The number of carbonyl (C=O) groups is 1. The van der Waals surface area contributed by atoms with E-state index in [0.29, 0.717) is 12.6 Å². The summed E-state index contributed by atoms with van der Waals surface area (Å²) in [5.41, 5.74) is -0.442. The molecule has 4 nitrogen and oxygen atoms in total. The van der Waals surface area contributed by atoms with Gasteiger partial charge < -0.3 is 15.0 Å². The number of ether oxygens (including phenoxy) is 1. The highest BCUT2D eigenvalue weighted by molar-refractivity contribution is 7.10. The number of likely N-dealkylation sites (N-methyl/N-ethyl adjacent to an activating group) is 1. The molecule has 1 atom stereocenters. The topological polar surface area (TPSA) is 41.6 Å². The van der Waals surface area contributed by atoms with Crippen LogP contribution in [0.1, 0.15) is 57.4 Å². The molecule has 1 amide bonds. The Morgan fingerprint density at radius 1 is 1.43 bits per heavy atom. The molecular weight excluding hydrogens is 308 g/mol. The summed E-state index contributed by atoms with van der Waals surface area (Å²) in [5.74, 6) is 0.723. The molecule has 1 heterocycles. The van der Waals surface area contributed by atoms with Gasteiger partial charge in [0, 0.05) is 31.1 Å². The molecule has 1 fully saturated rings. The van der Waals surface area contributed by atoms with Gasteiger partial charge in [-0.3, -0.25) is 0 Å².